The van der Waals surface area contributed by atoms with E-state index >= 15 is 0 Å². The zero-order valence-corrected chi connectivity index (χ0v) is 27.0. The standard InChI is InChI=1S/C45H29N5/c1-4-13-30(14-5-1)38-29-39(31-15-6-2-7-16-31)48-45(47-38)50-42-21-12-26-46-44(42)36-24-22-33(28-43(36)50)32-23-25-41-37(27-32)35-19-10-11-20-40(35)49(41)34-17-8-3-9-18-34/h1-29H. The van der Waals surface area contributed by atoms with E-state index in [0.29, 0.717) is 5.95 Å². The Morgan fingerprint density at radius 1 is 0.360 bits per heavy atom. The molecule has 0 saturated heterocycles. The Labute approximate surface area is 288 Å². The molecular weight excluding hydrogens is 611 g/mol. The average Bonchev–Trinajstić information content (AvgIpc) is 3.71. The van der Waals surface area contributed by atoms with Crippen LogP contribution >= 0.6 is 0 Å². The minimum atomic E-state index is 0.608. The SMILES string of the molecule is c1ccc(-c2cc(-c3ccccc3)nc(-n3c4cc(-c5ccc6c(c5)c5ccccc5n6-c5ccccc5)ccc4c4ncccc43)n2)cc1. The second-order valence-electron chi connectivity index (χ2n) is 12.5. The summed E-state index contributed by atoms with van der Waals surface area (Å²) in [7, 11) is 0. The first kappa shape index (κ1) is 28.2. The van der Waals surface area contributed by atoms with Crippen LogP contribution < -0.4 is 0 Å². The van der Waals surface area contributed by atoms with Gasteiger partial charge in [-0.3, -0.25) is 9.55 Å². The molecule has 5 nitrogen and oxygen atoms in total. The lowest BCUT2D eigenvalue weighted by Gasteiger charge is -2.12. The molecule has 10 aromatic rings. The molecule has 0 N–H and O–H groups in total. The fraction of sp³-hybridized carbons (Fsp3) is 0. The van der Waals surface area contributed by atoms with Gasteiger partial charge in [0.15, 0.2) is 0 Å². The van der Waals surface area contributed by atoms with Gasteiger partial charge in [0.1, 0.15) is 0 Å². The Bertz CT molecular complexity index is 2800. The Hall–Kier alpha value is -6.85. The van der Waals surface area contributed by atoms with Gasteiger partial charge in [0.25, 0.3) is 0 Å². The summed E-state index contributed by atoms with van der Waals surface area (Å²) in [5.74, 6) is 0.608. The van der Waals surface area contributed by atoms with Crippen LogP contribution in [-0.4, -0.2) is 24.1 Å². The Balaban J connectivity index is 1.20. The summed E-state index contributed by atoms with van der Waals surface area (Å²) in [6.07, 6.45) is 1.85. The fourth-order valence-electron chi connectivity index (χ4n) is 7.28. The van der Waals surface area contributed by atoms with E-state index in [9.17, 15) is 0 Å². The highest BCUT2D eigenvalue weighted by atomic mass is 15.2. The van der Waals surface area contributed by atoms with Gasteiger partial charge in [0.2, 0.25) is 5.95 Å². The van der Waals surface area contributed by atoms with Gasteiger partial charge in [-0.1, -0.05) is 109 Å². The van der Waals surface area contributed by atoms with Crippen molar-refractivity contribution in [1.29, 1.82) is 0 Å². The molecule has 0 aliphatic rings. The summed E-state index contributed by atoms with van der Waals surface area (Å²) >= 11 is 0. The summed E-state index contributed by atoms with van der Waals surface area (Å²) in [6, 6.07) is 59.5. The maximum atomic E-state index is 5.20. The molecule has 0 amide bonds. The topological polar surface area (TPSA) is 48.5 Å². The van der Waals surface area contributed by atoms with Crippen molar-refractivity contribution in [3.05, 3.63) is 176 Å². The van der Waals surface area contributed by atoms with Crippen LogP contribution in [0.4, 0.5) is 0 Å². The van der Waals surface area contributed by atoms with E-state index in [-0.39, 0.29) is 0 Å². The highest BCUT2D eigenvalue weighted by molar-refractivity contribution is 6.11. The number of pyridine rings is 1. The lowest BCUT2D eigenvalue weighted by atomic mass is 10.0. The molecule has 0 saturated carbocycles. The molecule has 0 fully saturated rings. The van der Waals surface area contributed by atoms with Crippen LogP contribution in [0.5, 0.6) is 0 Å². The number of hydrogen-bond donors (Lipinski definition) is 0. The summed E-state index contributed by atoms with van der Waals surface area (Å²) in [4.78, 5) is 15.3. The maximum absolute atomic E-state index is 5.20. The minimum Gasteiger partial charge on any atom is -0.309 e. The molecule has 234 valence electrons. The third kappa shape index (κ3) is 4.52. The van der Waals surface area contributed by atoms with Crippen LogP contribution in [-0.2, 0) is 0 Å². The summed E-state index contributed by atoms with van der Waals surface area (Å²) < 4.78 is 4.52. The van der Waals surface area contributed by atoms with E-state index in [2.05, 4.69) is 137 Å². The smallest absolute Gasteiger partial charge is 0.235 e. The van der Waals surface area contributed by atoms with Crippen LogP contribution in [0, 0.1) is 0 Å². The van der Waals surface area contributed by atoms with E-state index in [0.717, 1.165) is 61.3 Å². The van der Waals surface area contributed by atoms with E-state index in [4.69, 9.17) is 15.0 Å². The van der Waals surface area contributed by atoms with Crippen molar-refractivity contribution in [2.75, 3.05) is 0 Å². The third-order valence-corrected chi connectivity index (χ3v) is 9.59. The Morgan fingerprint density at radius 2 is 0.960 bits per heavy atom. The number of para-hydroxylation sites is 2. The van der Waals surface area contributed by atoms with Crippen molar-refractivity contribution in [1.82, 2.24) is 24.1 Å². The predicted molar refractivity (Wildman–Crippen MR) is 205 cm³/mol. The monoisotopic (exact) mass is 639 g/mol. The van der Waals surface area contributed by atoms with E-state index in [1.54, 1.807) is 0 Å². The van der Waals surface area contributed by atoms with Crippen LogP contribution in [0.1, 0.15) is 0 Å². The maximum Gasteiger partial charge on any atom is 0.235 e. The molecular formula is C45H29N5. The number of aromatic nitrogens is 5. The zero-order valence-electron chi connectivity index (χ0n) is 27.0. The van der Waals surface area contributed by atoms with Crippen LogP contribution in [0.25, 0.3) is 89.0 Å². The first-order chi connectivity index (χ1) is 24.8. The molecule has 0 unspecified atom stereocenters. The number of fused-ring (bicyclic) bond motifs is 6. The highest BCUT2D eigenvalue weighted by Gasteiger charge is 2.19. The van der Waals surface area contributed by atoms with Crippen molar-refractivity contribution in [2.45, 2.75) is 0 Å². The van der Waals surface area contributed by atoms with Crippen molar-refractivity contribution in [2.24, 2.45) is 0 Å². The first-order valence-electron chi connectivity index (χ1n) is 16.8. The number of hydrogen-bond acceptors (Lipinski definition) is 3. The minimum absolute atomic E-state index is 0.608. The molecule has 0 aliphatic heterocycles. The normalized spacial score (nSPS) is 11.6. The number of rotatable bonds is 5. The van der Waals surface area contributed by atoms with Crippen LogP contribution in [0.2, 0.25) is 0 Å². The molecule has 0 bridgehead atoms. The van der Waals surface area contributed by atoms with Gasteiger partial charge in [-0.2, -0.15) is 0 Å². The molecule has 0 atom stereocenters. The van der Waals surface area contributed by atoms with Gasteiger partial charge in [-0.15, -0.1) is 0 Å². The van der Waals surface area contributed by atoms with Gasteiger partial charge >= 0.3 is 0 Å². The lowest BCUT2D eigenvalue weighted by Crippen LogP contribution is -2.04. The first-order valence-corrected chi connectivity index (χ1v) is 16.8. The van der Waals surface area contributed by atoms with Crippen LogP contribution in [0.15, 0.2) is 176 Å². The quantitative estimate of drug-likeness (QED) is 0.188. The van der Waals surface area contributed by atoms with Gasteiger partial charge in [-0.25, -0.2) is 9.97 Å². The second kappa shape index (κ2) is 11.4. The number of benzene rings is 6. The van der Waals surface area contributed by atoms with Gasteiger partial charge in [0.05, 0.1) is 39.0 Å². The van der Waals surface area contributed by atoms with Crippen molar-refractivity contribution >= 4 is 43.7 Å². The van der Waals surface area contributed by atoms with Crippen molar-refractivity contribution in [3.63, 3.8) is 0 Å². The largest absolute Gasteiger partial charge is 0.309 e. The molecule has 6 aromatic carbocycles. The molecule has 4 aromatic heterocycles. The lowest BCUT2D eigenvalue weighted by molar-refractivity contribution is 0.994. The van der Waals surface area contributed by atoms with Gasteiger partial charge in [0, 0.05) is 39.2 Å². The van der Waals surface area contributed by atoms with Gasteiger partial charge in [-0.05, 0) is 71.8 Å². The third-order valence-electron chi connectivity index (χ3n) is 9.59. The molecule has 50 heavy (non-hydrogen) atoms. The Kier molecular flexibility index (Phi) is 6.42. The van der Waals surface area contributed by atoms with Gasteiger partial charge < -0.3 is 4.57 Å². The average molecular weight is 640 g/mol. The number of nitrogens with zero attached hydrogens (tertiary/aromatic N) is 5. The van der Waals surface area contributed by atoms with E-state index in [1.807, 2.05) is 48.7 Å². The van der Waals surface area contributed by atoms with Crippen LogP contribution in [0.3, 0.4) is 0 Å². The zero-order chi connectivity index (χ0) is 33.0. The highest BCUT2D eigenvalue weighted by Crippen LogP contribution is 2.38. The fourth-order valence-corrected chi connectivity index (χ4v) is 7.28. The molecule has 4 heterocycles. The molecule has 0 spiro atoms. The summed E-state index contributed by atoms with van der Waals surface area (Å²) in [5, 5.41) is 3.50. The predicted octanol–water partition coefficient (Wildman–Crippen LogP) is 11.1. The summed E-state index contributed by atoms with van der Waals surface area (Å²) in [5.41, 5.74) is 12.5. The van der Waals surface area contributed by atoms with Crippen molar-refractivity contribution in [3.8, 4) is 45.3 Å². The molecule has 10 rings (SSSR count). The van der Waals surface area contributed by atoms with E-state index in [1.165, 1.54) is 21.8 Å². The van der Waals surface area contributed by atoms with Crippen molar-refractivity contribution < 1.29 is 0 Å². The Morgan fingerprint density at radius 3 is 1.70 bits per heavy atom. The molecule has 0 aliphatic carbocycles. The molecule has 5 heteroatoms. The molecule has 0 radical (unpaired) electrons. The second-order valence-corrected chi connectivity index (χ2v) is 12.5. The van der Waals surface area contributed by atoms with E-state index < -0.39 is 0 Å². The summed E-state index contributed by atoms with van der Waals surface area (Å²) in [6.45, 7) is 0.